The summed E-state index contributed by atoms with van der Waals surface area (Å²) in [5.74, 6) is 0.666. The van der Waals surface area contributed by atoms with Gasteiger partial charge in [0.15, 0.2) is 5.96 Å². The molecule has 0 aliphatic carbocycles. The highest BCUT2D eigenvalue weighted by Gasteiger charge is 2.22. The third-order valence-corrected chi connectivity index (χ3v) is 4.52. The summed E-state index contributed by atoms with van der Waals surface area (Å²) < 4.78 is 1.98. The molecule has 1 heterocycles. The number of imidazole rings is 1. The molecule has 0 saturated carbocycles. The molecule has 0 aliphatic heterocycles. The SMILES string of the molecule is CCNC(=NCc1ccccc1-n1ccnc1)NCC(C)(O)c1ccccc1. The van der Waals surface area contributed by atoms with Crippen molar-refractivity contribution < 1.29 is 5.11 Å². The van der Waals surface area contributed by atoms with E-state index in [1.54, 1.807) is 19.4 Å². The molecule has 1 atom stereocenters. The minimum atomic E-state index is -0.994. The largest absolute Gasteiger partial charge is 0.384 e. The van der Waals surface area contributed by atoms with E-state index in [-0.39, 0.29) is 0 Å². The maximum absolute atomic E-state index is 10.8. The number of para-hydroxylation sites is 1. The lowest BCUT2D eigenvalue weighted by Gasteiger charge is -2.25. The van der Waals surface area contributed by atoms with Crippen molar-refractivity contribution in [3.8, 4) is 5.69 Å². The van der Waals surface area contributed by atoms with Crippen LogP contribution in [-0.4, -0.2) is 33.7 Å². The number of benzene rings is 2. The molecule has 0 saturated heterocycles. The van der Waals surface area contributed by atoms with E-state index in [1.165, 1.54) is 0 Å². The quantitative estimate of drug-likeness (QED) is 0.437. The lowest BCUT2D eigenvalue weighted by molar-refractivity contribution is 0.0617. The van der Waals surface area contributed by atoms with E-state index in [2.05, 4.69) is 21.7 Å². The molecule has 146 valence electrons. The van der Waals surface area contributed by atoms with Gasteiger partial charge in [-0.1, -0.05) is 48.5 Å². The Morgan fingerprint density at radius 2 is 1.86 bits per heavy atom. The van der Waals surface area contributed by atoms with Gasteiger partial charge in [0, 0.05) is 18.9 Å². The number of aliphatic imine (C=N–C) groups is 1. The van der Waals surface area contributed by atoms with Crippen LogP contribution in [0.25, 0.3) is 5.69 Å². The molecule has 1 unspecified atom stereocenters. The standard InChI is InChI=1S/C22H27N5O/c1-3-24-21(26-16-22(2,28)19-10-5-4-6-11-19)25-15-18-9-7-8-12-20(18)27-14-13-23-17-27/h4-14,17,28H,3,15-16H2,1-2H3,(H2,24,25,26). The molecule has 6 nitrogen and oxygen atoms in total. The van der Waals surface area contributed by atoms with Gasteiger partial charge in [-0.2, -0.15) is 0 Å². The lowest BCUT2D eigenvalue weighted by Crippen LogP contribution is -2.44. The predicted molar refractivity (Wildman–Crippen MR) is 112 cm³/mol. The number of aromatic nitrogens is 2. The number of guanidine groups is 1. The number of hydrogen-bond donors (Lipinski definition) is 3. The fourth-order valence-corrected chi connectivity index (χ4v) is 2.96. The van der Waals surface area contributed by atoms with Crippen molar-refractivity contribution in [1.29, 1.82) is 0 Å². The summed E-state index contributed by atoms with van der Waals surface area (Å²) in [6.07, 6.45) is 5.46. The zero-order chi connectivity index (χ0) is 19.8. The van der Waals surface area contributed by atoms with Gasteiger partial charge in [0.25, 0.3) is 0 Å². The molecule has 0 aliphatic rings. The van der Waals surface area contributed by atoms with E-state index in [9.17, 15) is 5.11 Å². The molecule has 6 heteroatoms. The Morgan fingerprint density at radius 3 is 2.57 bits per heavy atom. The Labute approximate surface area is 166 Å². The van der Waals surface area contributed by atoms with Crippen LogP contribution >= 0.6 is 0 Å². The van der Waals surface area contributed by atoms with Crippen LogP contribution in [0.4, 0.5) is 0 Å². The molecule has 28 heavy (non-hydrogen) atoms. The van der Waals surface area contributed by atoms with Crippen molar-refractivity contribution in [3.63, 3.8) is 0 Å². The zero-order valence-corrected chi connectivity index (χ0v) is 16.3. The molecule has 3 N–H and O–H groups in total. The van der Waals surface area contributed by atoms with Crippen LogP contribution in [0.1, 0.15) is 25.0 Å². The number of rotatable bonds is 7. The summed E-state index contributed by atoms with van der Waals surface area (Å²) in [5, 5.41) is 17.3. The summed E-state index contributed by atoms with van der Waals surface area (Å²) in [7, 11) is 0. The Morgan fingerprint density at radius 1 is 1.11 bits per heavy atom. The smallest absolute Gasteiger partial charge is 0.191 e. The summed E-state index contributed by atoms with van der Waals surface area (Å²) >= 11 is 0. The maximum atomic E-state index is 10.8. The van der Waals surface area contributed by atoms with Gasteiger partial charge in [-0.15, -0.1) is 0 Å². The number of nitrogens with zero attached hydrogens (tertiary/aromatic N) is 3. The zero-order valence-electron chi connectivity index (χ0n) is 16.3. The van der Waals surface area contributed by atoms with Crippen LogP contribution in [-0.2, 0) is 12.1 Å². The maximum Gasteiger partial charge on any atom is 0.191 e. The van der Waals surface area contributed by atoms with Crippen molar-refractivity contribution in [2.24, 2.45) is 4.99 Å². The third kappa shape index (κ3) is 4.98. The van der Waals surface area contributed by atoms with Crippen LogP contribution in [0, 0.1) is 0 Å². The van der Waals surface area contributed by atoms with Crippen LogP contribution in [0.3, 0.4) is 0 Å². The summed E-state index contributed by atoms with van der Waals surface area (Å²) in [6, 6.07) is 17.8. The fraction of sp³-hybridized carbons (Fsp3) is 0.273. The van der Waals surface area contributed by atoms with Gasteiger partial charge < -0.3 is 20.3 Å². The van der Waals surface area contributed by atoms with Gasteiger partial charge in [-0.25, -0.2) is 9.98 Å². The van der Waals surface area contributed by atoms with Crippen molar-refractivity contribution in [3.05, 3.63) is 84.4 Å². The molecule has 3 rings (SSSR count). The average Bonchev–Trinajstić information content (AvgIpc) is 3.26. The van der Waals surface area contributed by atoms with E-state index in [0.717, 1.165) is 23.4 Å². The normalized spacial score (nSPS) is 13.8. The van der Waals surface area contributed by atoms with Gasteiger partial charge in [0.05, 0.1) is 25.1 Å². The summed E-state index contributed by atoms with van der Waals surface area (Å²) in [4.78, 5) is 8.82. The molecular weight excluding hydrogens is 350 g/mol. The van der Waals surface area contributed by atoms with E-state index < -0.39 is 5.60 Å². The average molecular weight is 377 g/mol. The first-order chi connectivity index (χ1) is 13.6. The molecular formula is C22H27N5O. The van der Waals surface area contributed by atoms with Gasteiger partial charge >= 0.3 is 0 Å². The van der Waals surface area contributed by atoms with Gasteiger partial charge in [-0.05, 0) is 31.0 Å². The molecule has 1 aromatic heterocycles. The van der Waals surface area contributed by atoms with Crippen LogP contribution in [0.5, 0.6) is 0 Å². The molecule has 3 aromatic rings. The first-order valence-electron chi connectivity index (χ1n) is 9.46. The van der Waals surface area contributed by atoms with Gasteiger partial charge in [0.1, 0.15) is 5.60 Å². The number of aliphatic hydroxyl groups is 1. The van der Waals surface area contributed by atoms with E-state index >= 15 is 0 Å². The Hall–Kier alpha value is -3.12. The molecule has 0 bridgehead atoms. The minimum Gasteiger partial charge on any atom is -0.384 e. The predicted octanol–water partition coefficient (Wildman–Crippen LogP) is 2.84. The topological polar surface area (TPSA) is 74.5 Å². The second-order valence-electron chi connectivity index (χ2n) is 6.79. The first kappa shape index (κ1) is 19.6. The second kappa shape index (κ2) is 9.19. The van der Waals surface area contributed by atoms with E-state index in [1.807, 2.05) is 66.2 Å². The third-order valence-electron chi connectivity index (χ3n) is 4.52. The molecule has 2 aromatic carbocycles. The summed E-state index contributed by atoms with van der Waals surface area (Å²) in [5.41, 5.74) is 2.01. The van der Waals surface area contributed by atoms with Crippen molar-refractivity contribution in [2.45, 2.75) is 26.0 Å². The first-order valence-corrected chi connectivity index (χ1v) is 9.46. The number of nitrogens with one attached hydrogen (secondary N) is 2. The van der Waals surface area contributed by atoms with E-state index in [0.29, 0.717) is 19.0 Å². The summed E-state index contributed by atoms with van der Waals surface area (Å²) in [6.45, 7) is 5.42. The van der Waals surface area contributed by atoms with Gasteiger partial charge in [-0.3, -0.25) is 0 Å². The molecule has 0 spiro atoms. The minimum absolute atomic E-state index is 0.353. The Bertz CT molecular complexity index is 888. The fourth-order valence-electron chi connectivity index (χ4n) is 2.96. The monoisotopic (exact) mass is 377 g/mol. The highest BCUT2D eigenvalue weighted by Crippen LogP contribution is 2.19. The molecule has 0 amide bonds. The van der Waals surface area contributed by atoms with Crippen LogP contribution in [0.15, 0.2) is 78.3 Å². The Balaban J connectivity index is 1.72. The van der Waals surface area contributed by atoms with Gasteiger partial charge in [0.2, 0.25) is 0 Å². The Kier molecular flexibility index (Phi) is 6.45. The van der Waals surface area contributed by atoms with Crippen LogP contribution < -0.4 is 10.6 Å². The highest BCUT2D eigenvalue weighted by molar-refractivity contribution is 5.79. The lowest BCUT2D eigenvalue weighted by atomic mass is 9.96. The van der Waals surface area contributed by atoms with Crippen LogP contribution in [0.2, 0.25) is 0 Å². The van der Waals surface area contributed by atoms with Crippen molar-refractivity contribution in [2.75, 3.05) is 13.1 Å². The second-order valence-corrected chi connectivity index (χ2v) is 6.79. The van der Waals surface area contributed by atoms with Crippen molar-refractivity contribution in [1.82, 2.24) is 20.2 Å². The number of hydrogen-bond acceptors (Lipinski definition) is 3. The molecule has 0 radical (unpaired) electrons. The molecule has 0 fully saturated rings. The highest BCUT2D eigenvalue weighted by atomic mass is 16.3. The van der Waals surface area contributed by atoms with E-state index in [4.69, 9.17) is 4.99 Å². The van der Waals surface area contributed by atoms with Crippen molar-refractivity contribution >= 4 is 5.96 Å².